The molecule has 45 heavy (non-hydrogen) atoms. The first-order valence-electron chi connectivity index (χ1n) is 15.6. The lowest BCUT2D eigenvalue weighted by molar-refractivity contribution is 1.32. The molecule has 0 heterocycles. The van der Waals surface area contributed by atoms with E-state index in [0.29, 0.717) is 0 Å². The molecule has 0 aliphatic carbocycles. The maximum Gasteiger partial charge on any atom is 0.0540 e. The Balaban J connectivity index is 1.32. The Morgan fingerprint density at radius 3 is 1.24 bits per heavy atom. The van der Waals surface area contributed by atoms with Crippen LogP contribution in [0.15, 0.2) is 164 Å². The van der Waals surface area contributed by atoms with Crippen molar-refractivity contribution in [1.82, 2.24) is 0 Å². The molecule has 0 aliphatic rings. The van der Waals surface area contributed by atoms with Crippen molar-refractivity contribution in [2.24, 2.45) is 0 Å². The summed E-state index contributed by atoms with van der Waals surface area (Å²) in [5.74, 6) is 0. The molecule has 0 aromatic heterocycles. The second-order valence-corrected chi connectivity index (χ2v) is 12.1. The van der Waals surface area contributed by atoms with Crippen LogP contribution in [0.2, 0.25) is 0 Å². The minimum absolute atomic E-state index is 1.14. The number of nitrogens with zero attached hydrogens (tertiary/aromatic N) is 1. The Morgan fingerprint density at radius 2 is 0.711 bits per heavy atom. The minimum Gasteiger partial charge on any atom is -0.309 e. The van der Waals surface area contributed by atoms with Crippen molar-refractivity contribution in [3.63, 3.8) is 0 Å². The van der Waals surface area contributed by atoms with Gasteiger partial charge in [0.05, 0.1) is 11.4 Å². The Bertz CT molecular complexity index is 2520. The molecule has 10 rings (SSSR count). The second-order valence-electron chi connectivity index (χ2n) is 12.1. The van der Waals surface area contributed by atoms with E-state index in [2.05, 4.69) is 169 Å². The number of benzene rings is 10. The molecule has 10 aromatic carbocycles. The van der Waals surface area contributed by atoms with E-state index in [4.69, 9.17) is 0 Å². The van der Waals surface area contributed by atoms with Gasteiger partial charge in [-0.3, -0.25) is 0 Å². The van der Waals surface area contributed by atoms with Gasteiger partial charge in [0.25, 0.3) is 0 Å². The number of rotatable bonds is 4. The van der Waals surface area contributed by atoms with E-state index in [1.807, 2.05) is 0 Å². The van der Waals surface area contributed by atoms with Crippen LogP contribution in [0.4, 0.5) is 17.1 Å². The highest BCUT2D eigenvalue weighted by atomic mass is 15.1. The Morgan fingerprint density at radius 1 is 0.289 bits per heavy atom. The zero-order valence-electron chi connectivity index (χ0n) is 24.5. The van der Waals surface area contributed by atoms with Crippen LogP contribution in [-0.4, -0.2) is 0 Å². The summed E-state index contributed by atoms with van der Waals surface area (Å²) in [5, 5.41) is 15.5. The van der Waals surface area contributed by atoms with Crippen molar-refractivity contribution in [1.29, 1.82) is 0 Å². The molecule has 0 unspecified atom stereocenters. The first-order valence-corrected chi connectivity index (χ1v) is 15.6. The number of anilines is 3. The smallest absolute Gasteiger partial charge is 0.0540 e. The third-order valence-corrected chi connectivity index (χ3v) is 9.70. The maximum atomic E-state index is 2.49. The predicted octanol–water partition coefficient (Wildman–Crippen LogP) is 12.6. The largest absolute Gasteiger partial charge is 0.309 e. The van der Waals surface area contributed by atoms with Gasteiger partial charge in [0.15, 0.2) is 0 Å². The quantitative estimate of drug-likeness (QED) is 0.191. The van der Waals surface area contributed by atoms with Crippen molar-refractivity contribution >= 4 is 81.7 Å². The van der Waals surface area contributed by atoms with Gasteiger partial charge in [-0.1, -0.05) is 140 Å². The van der Waals surface area contributed by atoms with Crippen LogP contribution in [0.25, 0.3) is 75.8 Å². The van der Waals surface area contributed by atoms with Crippen LogP contribution in [0.1, 0.15) is 0 Å². The summed E-state index contributed by atoms with van der Waals surface area (Å²) >= 11 is 0. The average Bonchev–Trinajstić information content (AvgIpc) is 3.11. The molecule has 0 radical (unpaired) electrons. The van der Waals surface area contributed by atoms with E-state index in [9.17, 15) is 0 Å². The van der Waals surface area contributed by atoms with Crippen molar-refractivity contribution in [2.45, 2.75) is 0 Å². The van der Waals surface area contributed by atoms with Crippen molar-refractivity contribution in [3.8, 4) is 11.1 Å². The van der Waals surface area contributed by atoms with E-state index >= 15 is 0 Å². The van der Waals surface area contributed by atoms with Gasteiger partial charge >= 0.3 is 0 Å². The summed E-state index contributed by atoms with van der Waals surface area (Å²) in [6.45, 7) is 0. The van der Waals surface area contributed by atoms with Gasteiger partial charge in [-0.25, -0.2) is 0 Å². The minimum atomic E-state index is 1.14. The van der Waals surface area contributed by atoms with E-state index < -0.39 is 0 Å². The van der Waals surface area contributed by atoms with Gasteiger partial charge in [0.1, 0.15) is 0 Å². The van der Waals surface area contributed by atoms with Crippen LogP contribution >= 0.6 is 0 Å². The summed E-state index contributed by atoms with van der Waals surface area (Å²) in [6, 6.07) is 60.4. The molecule has 0 atom stereocenters. The van der Waals surface area contributed by atoms with Crippen molar-refractivity contribution < 1.29 is 0 Å². The fraction of sp³-hybridized carbons (Fsp3) is 0. The zero-order chi connectivity index (χ0) is 29.5. The lowest BCUT2D eigenvalue weighted by Gasteiger charge is -2.30. The molecule has 0 fully saturated rings. The highest BCUT2D eigenvalue weighted by Crippen LogP contribution is 2.48. The molecule has 0 N–H and O–H groups in total. The molecule has 208 valence electrons. The van der Waals surface area contributed by atoms with E-state index in [-0.39, 0.29) is 0 Å². The van der Waals surface area contributed by atoms with Crippen molar-refractivity contribution in [2.75, 3.05) is 4.90 Å². The molecule has 0 aliphatic heterocycles. The molecule has 0 bridgehead atoms. The van der Waals surface area contributed by atoms with E-state index in [1.54, 1.807) is 0 Å². The molecule has 0 amide bonds. The molecule has 0 saturated heterocycles. The molecule has 1 nitrogen and oxygen atoms in total. The maximum absolute atomic E-state index is 2.49. The Hall–Kier alpha value is -5.92. The van der Waals surface area contributed by atoms with E-state index in [1.165, 1.54) is 87.1 Å². The molecule has 10 aromatic rings. The fourth-order valence-electron chi connectivity index (χ4n) is 7.69. The molecule has 1 heteroatoms. The average molecular weight is 570 g/mol. The van der Waals surface area contributed by atoms with Gasteiger partial charge in [-0.2, -0.15) is 0 Å². The lowest BCUT2D eigenvalue weighted by Crippen LogP contribution is -2.11. The zero-order valence-corrected chi connectivity index (χ0v) is 24.5. The third-order valence-electron chi connectivity index (χ3n) is 9.70. The summed E-state index contributed by atoms with van der Waals surface area (Å²) in [7, 11) is 0. The highest BCUT2D eigenvalue weighted by Gasteiger charge is 2.22. The lowest BCUT2D eigenvalue weighted by atomic mass is 9.91. The summed E-state index contributed by atoms with van der Waals surface area (Å²) in [5.41, 5.74) is 5.92. The molecular formula is C44H27N. The fourth-order valence-corrected chi connectivity index (χ4v) is 7.69. The topological polar surface area (TPSA) is 3.24 Å². The van der Waals surface area contributed by atoms with Crippen molar-refractivity contribution in [3.05, 3.63) is 164 Å². The predicted molar refractivity (Wildman–Crippen MR) is 194 cm³/mol. The first kappa shape index (κ1) is 24.5. The normalized spacial score (nSPS) is 12.0. The molecule has 0 spiro atoms. The SMILES string of the molecule is c1ccc(-c2cccc(N(c3ccc4ccc5cccc6ccc3c4c56)c3ccc4ccc5cccc6ccc3c4c56)c2)cc1. The second kappa shape index (κ2) is 9.29. The Kier molecular flexibility index (Phi) is 5.06. The highest BCUT2D eigenvalue weighted by molar-refractivity contribution is 6.28. The van der Waals surface area contributed by atoms with Gasteiger partial charge in [0, 0.05) is 16.5 Å². The molecule has 0 saturated carbocycles. The van der Waals surface area contributed by atoms with Crippen LogP contribution < -0.4 is 4.90 Å². The number of hydrogen-bond donors (Lipinski definition) is 0. The van der Waals surface area contributed by atoms with Gasteiger partial charge in [-0.05, 0) is 89.3 Å². The van der Waals surface area contributed by atoms with Crippen LogP contribution in [0.3, 0.4) is 0 Å². The summed E-state index contributed by atoms with van der Waals surface area (Å²) in [6.07, 6.45) is 0. The number of hydrogen-bond acceptors (Lipinski definition) is 1. The van der Waals surface area contributed by atoms with Gasteiger partial charge < -0.3 is 4.90 Å². The first-order chi connectivity index (χ1) is 22.3. The standard InChI is InChI=1S/C44H27N/c1-2-7-28(8-3-1)35-13-6-14-36(27-35)45(39-25-21-33-17-15-29-9-4-11-31-19-23-37(39)43(33)41(29)31)40-26-22-34-18-16-30-10-5-12-32-20-24-38(40)44(34)42(30)32/h1-27H. The van der Waals surface area contributed by atoms with E-state index in [0.717, 1.165) is 5.69 Å². The van der Waals surface area contributed by atoms with Gasteiger partial charge in [0.2, 0.25) is 0 Å². The summed E-state index contributed by atoms with van der Waals surface area (Å²) < 4.78 is 0. The van der Waals surface area contributed by atoms with Crippen LogP contribution in [-0.2, 0) is 0 Å². The summed E-state index contributed by atoms with van der Waals surface area (Å²) in [4.78, 5) is 2.49. The van der Waals surface area contributed by atoms with Crippen LogP contribution in [0, 0.1) is 0 Å². The van der Waals surface area contributed by atoms with Gasteiger partial charge in [-0.15, -0.1) is 0 Å². The monoisotopic (exact) mass is 569 g/mol. The third kappa shape index (κ3) is 3.56. The Labute approximate surface area is 260 Å². The molecular weight excluding hydrogens is 542 g/mol. The van der Waals surface area contributed by atoms with Crippen LogP contribution in [0.5, 0.6) is 0 Å².